The lowest BCUT2D eigenvalue weighted by molar-refractivity contribution is 0.394. The summed E-state index contributed by atoms with van der Waals surface area (Å²) >= 11 is 1.91. The van der Waals surface area contributed by atoms with Crippen molar-refractivity contribution in [2.45, 2.75) is 42.8 Å². The van der Waals surface area contributed by atoms with Gasteiger partial charge in [0.15, 0.2) is 0 Å². The van der Waals surface area contributed by atoms with Gasteiger partial charge < -0.3 is 0 Å². The molecule has 1 saturated carbocycles. The van der Waals surface area contributed by atoms with Crippen LogP contribution in [0.5, 0.6) is 0 Å². The van der Waals surface area contributed by atoms with E-state index in [2.05, 4.69) is 18.0 Å². The number of rotatable bonds is 2. The van der Waals surface area contributed by atoms with Crippen LogP contribution in [0.4, 0.5) is 0 Å². The first-order valence-electron chi connectivity index (χ1n) is 5.80. The number of nitriles is 1. The first-order chi connectivity index (χ1) is 7.78. The minimum absolute atomic E-state index is 0.522. The molecule has 1 fully saturated rings. The predicted molar refractivity (Wildman–Crippen MR) is 66.2 cm³/mol. The summed E-state index contributed by atoms with van der Waals surface area (Å²) in [5.74, 6) is 0.850. The Kier molecular flexibility index (Phi) is 3.84. The van der Waals surface area contributed by atoms with E-state index in [4.69, 9.17) is 5.26 Å². The van der Waals surface area contributed by atoms with Crippen molar-refractivity contribution in [2.24, 2.45) is 5.92 Å². The number of thioether (sulfide) groups is 1. The Morgan fingerprint density at radius 3 is 3.12 bits per heavy atom. The van der Waals surface area contributed by atoms with Crippen molar-refractivity contribution in [2.75, 3.05) is 0 Å². The smallest absolute Gasteiger partial charge is 0.141 e. The lowest BCUT2D eigenvalue weighted by Crippen LogP contribution is -2.14. The zero-order valence-electron chi connectivity index (χ0n) is 9.52. The standard InChI is InChI=1S/C13H16N2S/c1-10-3-2-4-12(7-10)16-13-5-6-15-11(8-13)9-14/h5-6,8,10,12H,2-4,7H2,1H3. The van der Waals surface area contributed by atoms with Gasteiger partial charge in [-0.15, -0.1) is 11.8 Å². The average molecular weight is 232 g/mol. The van der Waals surface area contributed by atoms with Gasteiger partial charge in [-0.3, -0.25) is 0 Å². The molecule has 2 atom stereocenters. The van der Waals surface area contributed by atoms with Crippen LogP contribution in [0.1, 0.15) is 38.3 Å². The molecule has 1 aromatic heterocycles. The summed E-state index contributed by atoms with van der Waals surface area (Å²) in [5.41, 5.74) is 0.522. The van der Waals surface area contributed by atoms with Gasteiger partial charge in [0.05, 0.1) is 0 Å². The van der Waals surface area contributed by atoms with Crippen molar-refractivity contribution in [3.8, 4) is 6.07 Å². The maximum Gasteiger partial charge on any atom is 0.141 e. The molecule has 1 aliphatic carbocycles. The van der Waals surface area contributed by atoms with E-state index in [1.165, 1.54) is 30.6 Å². The Morgan fingerprint density at radius 1 is 1.50 bits per heavy atom. The summed E-state index contributed by atoms with van der Waals surface area (Å²) in [5, 5.41) is 9.51. The molecule has 1 heterocycles. The normalized spacial score (nSPS) is 25.0. The second kappa shape index (κ2) is 5.36. The fourth-order valence-electron chi connectivity index (χ4n) is 2.22. The average Bonchev–Trinajstić information content (AvgIpc) is 2.29. The highest BCUT2D eigenvalue weighted by Crippen LogP contribution is 2.35. The minimum atomic E-state index is 0.522. The van der Waals surface area contributed by atoms with Crippen LogP contribution in [0.15, 0.2) is 23.2 Å². The molecule has 2 unspecified atom stereocenters. The lowest BCUT2D eigenvalue weighted by Gasteiger charge is -2.26. The molecule has 0 saturated heterocycles. The molecular formula is C13H16N2S. The van der Waals surface area contributed by atoms with E-state index in [1.807, 2.05) is 23.9 Å². The van der Waals surface area contributed by atoms with Crippen molar-refractivity contribution < 1.29 is 0 Å². The van der Waals surface area contributed by atoms with Crippen LogP contribution in [-0.2, 0) is 0 Å². The van der Waals surface area contributed by atoms with E-state index in [1.54, 1.807) is 6.20 Å². The van der Waals surface area contributed by atoms with Crippen LogP contribution in [0.25, 0.3) is 0 Å². The van der Waals surface area contributed by atoms with Gasteiger partial charge in [0, 0.05) is 16.3 Å². The van der Waals surface area contributed by atoms with E-state index < -0.39 is 0 Å². The maximum absolute atomic E-state index is 8.79. The van der Waals surface area contributed by atoms with Gasteiger partial charge in [-0.1, -0.05) is 19.8 Å². The Balaban J connectivity index is 2.00. The van der Waals surface area contributed by atoms with Crippen LogP contribution >= 0.6 is 11.8 Å². The molecule has 0 aromatic carbocycles. The highest BCUT2D eigenvalue weighted by atomic mass is 32.2. The van der Waals surface area contributed by atoms with Gasteiger partial charge in [0.1, 0.15) is 11.8 Å². The third-order valence-electron chi connectivity index (χ3n) is 3.04. The molecule has 3 heteroatoms. The quantitative estimate of drug-likeness (QED) is 0.781. The van der Waals surface area contributed by atoms with E-state index in [0.717, 1.165) is 11.2 Å². The molecule has 0 radical (unpaired) electrons. The third kappa shape index (κ3) is 2.99. The third-order valence-corrected chi connectivity index (χ3v) is 4.32. The molecule has 0 bridgehead atoms. The van der Waals surface area contributed by atoms with Crippen molar-refractivity contribution in [3.05, 3.63) is 24.0 Å². The topological polar surface area (TPSA) is 36.7 Å². The Labute approximate surface area is 101 Å². The fourth-order valence-corrected chi connectivity index (χ4v) is 3.64. The number of nitrogens with zero attached hydrogens (tertiary/aromatic N) is 2. The van der Waals surface area contributed by atoms with E-state index in [0.29, 0.717) is 5.69 Å². The van der Waals surface area contributed by atoms with E-state index in [9.17, 15) is 0 Å². The highest BCUT2D eigenvalue weighted by molar-refractivity contribution is 8.00. The van der Waals surface area contributed by atoms with E-state index in [-0.39, 0.29) is 0 Å². The number of aromatic nitrogens is 1. The fraction of sp³-hybridized carbons (Fsp3) is 0.538. The van der Waals surface area contributed by atoms with Crippen molar-refractivity contribution >= 4 is 11.8 Å². The number of hydrogen-bond acceptors (Lipinski definition) is 3. The van der Waals surface area contributed by atoms with Gasteiger partial charge in [-0.2, -0.15) is 5.26 Å². The minimum Gasteiger partial charge on any atom is -0.245 e. The van der Waals surface area contributed by atoms with Crippen LogP contribution in [0, 0.1) is 17.2 Å². The molecule has 1 aliphatic rings. The number of hydrogen-bond donors (Lipinski definition) is 0. The van der Waals surface area contributed by atoms with Crippen molar-refractivity contribution in [3.63, 3.8) is 0 Å². The largest absolute Gasteiger partial charge is 0.245 e. The van der Waals surface area contributed by atoms with Gasteiger partial charge in [-0.05, 0) is 30.9 Å². The van der Waals surface area contributed by atoms with Crippen LogP contribution in [0.2, 0.25) is 0 Å². The van der Waals surface area contributed by atoms with Crippen molar-refractivity contribution in [1.82, 2.24) is 4.98 Å². The summed E-state index contributed by atoms with van der Waals surface area (Å²) in [6.07, 6.45) is 7.05. The lowest BCUT2D eigenvalue weighted by atomic mass is 9.91. The molecule has 84 valence electrons. The van der Waals surface area contributed by atoms with Gasteiger partial charge in [0.25, 0.3) is 0 Å². The van der Waals surface area contributed by atoms with Crippen LogP contribution in [0.3, 0.4) is 0 Å². The zero-order valence-corrected chi connectivity index (χ0v) is 10.3. The molecule has 0 amide bonds. The monoisotopic (exact) mass is 232 g/mol. The van der Waals surface area contributed by atoms with Gasteiger partial charge in [0.2, 0.25) is 0 Å². The summed E-state index contributed by atoms with van der Waals surface area (Å²) in [7, 11) is 0. The molecule has 1 aromatic rings. The van der Waals surface area contributed by atoms with Gasteiger partial charge >= 0.3 is 0 Å². The summed E-state index contributed by atoms with van der Waals surface area (Å²) in [6, 6.07) is 5.99. The first kappa shape index (κ1) is 11.5. The van der Waals surface area contributed by atoms with Gasteiger partial charge in [-0.25, -0.2) is 4.98 Å². The highest BCUT2D eigenvalue weighted by Gasteiger charge is 2.19. The predicted octanol–water partition coefficient (Wildman–Crippen LogP) is 3.62. The number of pyridine rings is 1. The molecule has 0 spiro atoms. The molecule has 2 rings (SSSR count). The Bertz CT molecular complexity index is 397. The molecule has 16 heavy (non-hydrogen) atoms. The maximum atomic E-state index is 8.79. The van der Waals surface area contributed by atoms with E-state index >= 15 is 0 Å². The molecule has 0 aliphatic heterocycles. The Hall–Kier alpha value is -1.01. The SMILES string of the molecule is CC1CCCC(Sc2ccnc(C#N)c2)C1. The molecule has 0 N–H and O–H groups in total. The first-order valence-corrected chi connectivity index (χ1v) is 6.68. The zero-order chi connectivity index (χ0) is 11.4. The summed E-state index contributed by atoms with van der Waals surface area (Å²) in [6.45, 7) is 2.33. The molecule has 2 nitrogen and oxygen atoms in total. The summed E-state index contributed by atoms with van der Waals surface area (Å²) < 4.78 is 0. The molecular weight excluding hydrogens is 216 g/mol. The second-order valence-corrected chi connectivity index (χ2v) is 5.87. The Morgan fingerprint density at radius 2 is 2.38 bits per heavy atom. The van der Waals surface area contributed by atoms with Crippen LogP contribution < -0.4 is 0 Å². The second-order valence-electron chi connectivity index (χ2n) is 4.50. The van der Waals surface area contributed by atoms with Crippen LogP contribution in [-0.4, -0.2) is 10.2 Å². The summed E-state index contributed by atoms with van der Waals surface area (Å²) in [4.78, 5) is 5.18. The van der Waals surface area contributed by atoms with Crippen molar-refractivity contribution in [1.29, 1.82) is 5.26 Å².